The highest BCUT2D eigenvalue weighted by molar-refractivity contribution is 6.78. The van der Waals surface area contributed by atoms with Gasteiger partial charge in [-0.2, -0.15) is 0 Å². The SMILES string of the molecule is [SiH3]O[SiH]1O[SiH]2O[SiH]3O[SiH2]O[SiH]4O[SiH](O1)O[SiH](O2)O[SiH](O3)O4. The van der Waals surface area contributed by atoms with Gasteiger partial charge in [-0.15, -0.1) is 0 Å². The lowest BCUT2D eigenvalue weighted by molar-refractivity contribution is 0.0730. The first-order valence-electron chi connectivity index (χ1n) is 5.94. The second-order valence-corrected chi connectivity index (χ2v) is 22.6. The Morgan fingerprint density at radius 2 is 0.952 bits per heavy atom. The fraction of sp³-hybridized carbons (Fsp3) is 0. The van der Waals surface area contributed by atoms with Gasteiger partial charge in [0.15, 0.2) is 0 Å². The Morgan fingerprint density at radius 1 is 0.571 bits per heavy atom. The van der Waals surface area contributed by atoms with Crippen molar-refractivity contribution in [2.24, 2.45) is 0 Å². The number of hydrogen-bond donors (Lipinski definition) is 0. The van der Waals surface area contributed by atoms with E-state index < -0.39 is 76.7 Å². The number of hydrogen-bond acceptors (Lipinski definition) is 12. The molecule has 6 bridgehead atoms. The molecule has 0 spiro atoms. The molecule has 12 nitrogen and oxygen atoms in total. The van der Waals surface area contributed by atoms with Crippen molar-refractivity contribution in [2.45, 2.75) is 0 Å². The predicted octanol–water partition coefficient (Wildman–Crippen LogP) is -7.46. The van der Waals surface area contributed by atoms with Gasteiger partial charge in [0.2, 0.25) is 0 Å². The molecule has 4 saturated heterocycles. The lowest BCUT2D eigenvalue weighted by Crippen LogP contribution is -2.63. The molecule has 0 aromatic rings. The standard InChI is InChI=1S/H12O12Si9/c13-1-15-4-18-6-16-2-14-3-17-7-19(5-15)11-21(10-18)12-20(8-16)9-17/h15-21H,14H2,13H3. The van der Waals surface area contributed by atoms with Gasteiger partial charge in [-0.1, -0.05) is 0 Å². The Hall–Kier alpha value is 1.47. The van der Waals surface area contributed by atoms with E-state index in [2.05, 4.69) is 0 Å². The van der Waals surface area contributed by atoms with Crippen molar-refractivity contribution >= 4 is 87.2 Å². The first-order chi connectivity index (χ1) is 10.3. The van der Waals surface area contributed by atoms with E-state index in [0.717, 1.165) is 0 Å². The minimum absolute atomic E-state index is 0.467. The third-order valence-electron chi connectivity index (χ3n) is 2.60. The van der Waals surface area contributed by atoms with Crippen molar-refractivity contribution in [1.82, 2.24) is 0 Å². The third-order valence-corrected chi connectivity index (χ3v) is 23.4. The highest BCUT2D eigenvalue weighted by Crippen LogP contribution is 2.20. The highest BCUT2D eigenvalue weighted by atomic mass is 28.6. The fourth-order valence-corrected chi connectivity index (χ4v) is 29.6. The second kappa shape index (κ2) is 7.15. The minimum atomic E-state index is -2.54. The molecule has 21 heavy (non-hydrogen) atoms. The summed E-state index contributed by atoms with van der Waals surface area (Å²) >= 11 is 0. The molecule has 0 aliphatic carbocycles. The summed E-state index contributed by atoms with van der Waals surface area (Å²) in [6.45, 7) is 0. The van der Waals surface area contributed by atoms with Crippen LogP contribution in [0, 0.1) is 0 Å². The normalized spacial score (nSPS) is 51.7. The molecule has 0 radical (unpaired) electrons. The molecule has 4 fully saturated rings. The molecule has 4 heterocycles. The highest BCUT2D eigenvalue weighted by Gasteiger charge is 2.49. The fourth-order valence-electron chi connectivity index (χ4n) is 1.72. The van der Waals surface area contributed by atoms with Crippen LogP contribution < -0.4 is 0 Å². The monoisotopic (exact) mass is 456 g/mol. The van der Waals surface area contributed by atoms with E-state index in [1.807, 2.05) is 0 Å². The van der Waals surface area contributed by atoms with Crippen molar-refractivity contribution in [1.29, 1.82) is 0 Å². The summed E-state index contributed by atoms with van der Waals surface area (Å²) in [6, 6.07) is 0. The molecule has 0 aromatic heterocycles. The van der Waals surface area contributed by atoms with Crippen molar-refractivity contribution in [3.63, 3.8) is 0 Å². The molecule has 4 rings (SSSR count). The molecule has 0 amide bonds. The molecule has 4 unspecified atom stereocenters. The first kappa shape index (κ1) is 16.0. The quantitative estimate of drug-likeness (QED) is 0.349. The second-order valence-electron chi connectivity index (χ2n) is 3.93. The van der Waals surface area contributed by atoms with Crippen LogP contribution in [0.2, 0.25) is 0 Å². The van der Waals surface area contributed by atoms with Crippen LogP contribution in [0.5, 0.6) is 0 Å². The molecule has 0 N–H and O–H groups in total. The number of fused-ring (bicyclic) bond motifs is 4. The molecule has 0 aromatic carbocycles. The van der Waals surface area contributed by atoms with E-state index >= 15 is 0 Å². The molecule has 4 aliphatic heterocycles. The van der Waals surface area contributed by atoms with Crippen LogP contribution in [0.1, 0.15) is 0 Å². The molecular formula is H12O12Si9. The molecule has 4 aliphatic rings. The number of rotatable bonds is 1. The van der Waals surface area contributed by atoms with Gasteiger partial charge in [-0.3, -0.25) is 0 Å². The topological polar surface area (TPSA) is 111 Å². The zero-order valence-corrected chi connectivity index (χ0v) is 22.1. The van der Waals surface area contributed by atoms with Gasteiger partial charge in [0.05, 0.1) is 0 Å². The Bertz CT molecular complexity index is 335. The maximum absolute atomic E-state index is 5.75. The van der Waals surface area contributed by atoms with E-state index in [1.165, 1.54) is 0 Å². The van der Waals surface area contributed by atoms with Crippen LogP contribution in [0.15, 0.2) is 0 Å². The van der Waals surface area contributed by atoms with Gasteiger partial charge in [-0.25, -0.2) is 0 Å². The lowest BCUT2D eigenvalue weighted by atomic mass is 15.5. The largest absolute Gasteiger partial charge is 0.461 e. The van der Waals surface area contributed by atoms with Crippen molar-refractivity contribution in [3.05, 3.63) is 0 Å². The zero-order chi connectivity index (χ0) is 14.2. The Balaban J connectivity index is 1.64. The van der Waals surface area contributed by atoms with Gasteiger partial charge >= 0.3 is 66.7 Å². The van der Waals surface area contributed by atoms with E-state index in [-0.39, 0.29) is 0 Å². The van der Waals surface area contributed by atoms with Crippen LogP contribution in [-0.4, -0.2) is 87.2 Å². The summed E-state index contributed by atoms with van der Waals surface area (Å²) in [6.07, 6.45) is 0. The van der Waals surface area contributed by atoms with E-state index in [0.29, 0.717) is 10.5 Å². The van der Waals surface area contributed by atoms with Crippen LogP contribution in [-0.2, 0) is 49.4 Å². The summed E-state index contributed by atoms with van der Waals surface area (Å²) in [7, 11) is -18.3. The van der Waals surface area contributed by atoms with Crippen LogP contribution in [0.3, 0.4) is 0 Å². The Labute approximate surface area is 136 Å². The smallest absolute Gasteiger partial charge is 0.428 e. The van der Waals surface area contributed by atoms with Gasteiger partial charge in [0, 0.05) is 0 Å². The minimum Gasteiger partial charge on any atom is -0.428 e. The lowest BCUT2D eigenvalue weighted by Gasteiger charge is -2.40. The summed E-state index contributed by atoms with van der Waals surface area (Å²) < 4.78 is 68.1. The van der Waals surface area contributed by atoms with Gasteiger partial charge in [0.1, 0.15) is 10.5 Å². The van der Waals surface area contributed by atoms with Crippen LogP contribution in [0.25, 0.3) is 0 Å². The molecule has 0 saturated carbocycles. The average molecular weight is 457 g/mol. The first-order valence-corrected chi connectivity index (χ1v) is 17.8. The summed E-state index contributed by atoms with van der Waals surface area (Å²) in [5, 5.41) is 0. The summed E-state index contributed by atoms with van der Waals surface area (Å²) in [5.74, 6) is 0. The Morgan fingerprint density at radius 3 is 1.38 bits per heavy atom. The molecule has 120 valence electrons. The van der Waals surface area contributed by atoms with Gasteiger partial charge in [0.25, 0.3) is 10.0 Å². The van der Waals surface area contributed by atoms with E-state index in [4.69, 9.17) is 49.4 Å². The predicted molar refractivity (Wildman–Crippen MR) is 81.5 cm³/mol. The summed E-state index contributed by atoms with van der Waals surface area (Å²) in [5.41, 5.74) is 0. The van der Waals surface area contributed by atoms with Crippen molar-refractivity contribution in [2.75, 3.05) is 0 Å². The molecular weight excluding hydrogens is 445 g/mol. The Kier molecular flexibility index (Phi) is 5.44. The summed E-state index contributed by atoms with van der Waals surface area (Å²) in [4.78, 5) is 0. The molecule has 21 heteroatoms. The van der Waals surface area contributed by atoms with E-state index in [1.54, 1.807) is 0 Å². The van der Waals surface area contributed by atoms with Crippen molar-refractivity contribution in [3.8, 4) is 0 Å². The van der Waals surface area contributed by atoms with Gasteiger partial charge in [-0.05, 0) is 0 Å². The maximum Gasteiger partial charge on any atom is 0.461 e. The van der Waals surface area contributed by atoms with Crippen LogP contribution in [0.4, 0.5) is 0 Å². The molecule has 4 atom stereocenters. The maximum atomic E-state index is 5.75. The zero-order valence-electron chi connectivity index (χ0n) is 10.6. The average Bonchev–Trinajstić information content (AvgIpc) is 2.33. The van der Waals surface area contributed by atoms with Crippen LogP contribution >= 0.6 is 0 Å². The van der Waals surface area contributed by atoms with Crippen molar-refractivity contribution < 1.29 is 49.4 Å². The third kappa shape index (κ3) is 3.94. The van der Waals surface area contributed by atoms with E-state index in [9.17, 15) is 0 Å². The van der Waals surface area contributed by atoms with Gasteiger partial charge < -0.3 is 49.4 Å².